The smallest absolute Gasteiger partial charge is 0.0898 e. The summed E-state index contributed by atoms with van der Waals surface area (Å²) in [4.78, 5) is 0. The van der Waals surface area contributed by atoms with Crippen LogP contribution in [0.25, 0.3) is 0 Å². The molecular weight excluding hydrogens is 306 g/mol. The number of aliphatic hydroxyl groups excluding tert-OH is 1. The molecule has 0 heterocycles. The lowest BCUT2D eigenvalue weighted by molar-refractivity contribution is -0.0482. The highest BCUT2D eigenvalue weighted by molar-refractivity contribution is 9.10. The first-order chi connectivity index (χ1) is 8.79. The lowest BCUT2D eigenvalue weighted by Gasteiger charge is -2.23. The van der Waals surface area contributed by atoms with Gasteiger partial charge in [0.25, 0.3) is 0 Å². The van der Waals surface area contributed by atoms with Crippen molar-refractivity contribution in [3.05, 3.63) is 34.3 Å². The summed E-state index contributed by atoms with van der Waals surface area (Å²) < 4.78 is 6.63. The van der Waals surface area contributed by atoms with Crippen LogP contribution in [0.5, 0.6) is 0 Å². The molecule has 1 rings (SSSR count). The Hall–Kier alpha value is -0.420. The summed E-state index contributed by atoms with van der Waals surface area (Å²) in [6, 6.07) is 8.27. The van der Waals surface area contributed by atoms with Gasteiger partial charge in [-0.15, -0.1) is 0 Å². The number of hydrogen-bond acceptors (Lipinski definition) is 3. The van der Waals surface area contributed by atoms with E-state index >= 15 is 0 Å². The molecule has 19 heavy (non-hydrogen) atoms. The van der Waals surface area contributed by atoms with Gasteiger partial charge in [-0.25, -0.2) is 0 Å². The summed E-state index contributed by atoms with van der Waals surface area (Å²) in [5.41, 5.74) is 0.973. The Bertz CT molecular complexity index is 390. The van der Waals surface area contributed by atoms with Gasteiger partial charge < -0.3 is 15.2 Å². The first-order valence-electron chi connectivity index (χ1n) is 6.59. The van der Waals surface area contributed by atoms with Gasteiger partial charge in [-0.05, 0) is 39.3 Å². The first kappa shape index (κ1) is 16.6. The van der Waals surface area contributed by atoms with E-state index in [1.54, 1.807) is 0 Å². The van der Waals surface area contributed by atoms with Crippen molar-refractivity contribution in [2.45, 2.75) is 45.4 Å². The van der Waals surface area contributed by atoms with Gasteiger partial charge >= 0.3 is 0 Å². The van der Waals surface area contributed by atoms with Crippen LogP contribution in [0.4, 0.5) is 0 Å². The lowest BCUT2D eigenvalue weighted by Crippen LogP contribution is -2.34. The van der Waals surface area contributed by atoms with E-state index in [0.717, 1.165) is 4.47 Å². The molecule has 1 aromatic carbocycles. The Balaban J connectivity index is 2.38. The number of ether oxygens (including phenoxy) is 1. The molecule has 0 fully saturated rings. The molecule has 0 aromatic heterocycles. The average molecular weight is 330 g/mol. The molecule has 2 atom stereocenters. The van der Waals surface area contributed by atoms with Crippen LogP contribution in [0.15, 0.2) is 28.7 Å². The van der Waals surface area contributed by atoms with E-state index in [1.807, 2.05) is 39.0 Å². The van der Waals surface area contributed by atoms with Crippen molar-refractivity contribution in [1.29, 1.82) is 0 Å². The maximum atomic E-state index is 9.88. The number of nitrogens with one attached hydrogen (secondary N) is 1. The molecular formula is C15H24BrNO2. The van der Waals surface area contributed by atoms with Gasteiger partial charge in [0.05, 0.1) is 18.3 Å². The molecule has 0 saturated heterocycles. The number of hydrogen-bond donors (Lipinski definition) is 2. The molecule has 3 nitrogen and oxygen atoms in total. The Morgan fingerprint density at radius 3 is 2.53 bits per heavy atom. The second-order valence-corrected chi connectivity index (χ2v) is 6.58. The third-order valence-corrected chi connectivity index (χ3v) is 3.46. The highest BCUT2D eigenvalue weighted by atomic mass is 79.9. The van der Waals surface area contributed by atoms with E-state index < -0.39 is 6.10 Å². The number of aliphatic hydroxyl groups is 1. The summed E-state index contributed by atoms with van der Waals surface area (Å²) >= 11 is 3.53. The fourth-order valence-electron chi connectivity index (χ4n) is 1.65. The highest BCUT2D eigenvalue weighted by Gasteiger charge is 2.15. The van der Waals surface area contributed by atoms with Crippen LogP contribution < -0.4 is 5.32 Å². The zero-order valence-electron chi connectivity index (χ0n) is 12.1. The largest absolute Gasteiger partial charge is 0.389 e. The molecule has 2 N–H and O–H groups in total. The van der Waals surface area contributed by atoms with E-state index in [-0.39, 0.29) is 11.6 Å². The summed E-state index contributed by atoms with van der Waals surface area (Å²) in [6.45, 7) is 8.89. The fourth-order valence-corrected chi connectivity index (χ4v) is 2.28. The molecule has 0 spiro atoms. The molecule has 0 radical (unpaired) electrons. The van der Waals surface area contributed by atoms with Gasteiger partial charge in [0.15, 0.2) is 0 Å². The third-order valence-electron chi connectivity index (χ3n) is 2.74. The van der Waals surface area contributed by atoms with Gasteiger partial charge in [0.1, 0.15) is 0 Å². The van der Waals surface area contributed by atoms with Gasteiger partial charge in [-0.2, -0.15) is 0 Å². The molecule has 0 amide bonds. The summed E-state index contributed by atoms with van der Waals surface area (Å²) in [5, 5.41) is 13.2. The van der Waals surface area contributed by atoms with E-state index in [1.165, 1.54) is 5.56 Å². The van der Waals surface area contributed by atoms with Crippen molar-refractivity contribution < 1.29 is 9.84 Å². The second-order valence-electron chi connectivity index (χ2n) is 5.73. The number of halogens is 1. The first-order valence-corrected chi connectivity index (χ1v) is 7.39. The summed E-state index contributed by atoms with van der Waals surface area (Å²) in [5.74, 6) is 0. The van der Waals surface area contributed by atoms with Crippen LogP contribution in [0.2, 0.25) is 0 Å². The number of benzene rings is 1. The second kappa shape index (κ2) is 7.39. The topological polar surface area (TPSA) is 41.5 Å². The van der Waals surface area contributed by atoms with Crippen molar-refractivity contribution in [2.75, 3.05) is 13.2 Å². The average Bonchev–Trinajstić information content (AvgIpc) is 2.33. The molecule has 0 aliphatic carbocycles. The highest BCUT2D eigenvalue weighted by Crippen LogP contribution is 2.22. The normalized spacial score (nSPS) is 15.3. The van der Waals surface area contributed by atoms with Crippen LogP contribution in [-0.2, 0) is 4.74 Å². The molecule has 0 saturated carbocycles. The fraction of sp³-hybridized carbons (Fsp3) is 0.600. The standard InChI is InChI=1S/C15H24BrNO2/c1-11(13-7-5-6-8-14(13)16)17-9-12(18)10-19-15(2,3)4/h5-8,11-12,17-18H,9-10H2,1-4H3/t11-,12?/m0/s1. The van der Waals surface area contributed by atoms with Crippen molar-refractivity contribution in [3.63, 3.8) is 0 Å². The molecule has 1 aromatic rings. The predicted molar refractivity (Wildman–Crippen MR) is 82.3 cm³/mol. The zero-order chi connectivity index (χ0) is 14.5. The molecule has 1 unspecified atom stereocenters. The van der Waals surface area contributed by atoms with Crippen molar-refractivity contribution in [2.24, 2.45) is 0 Å². The van der Waals surface area contributed by atoms with Gasteiger partial charge in [0.2, 0.25) is 0 Å². The van der Waals surface area contributed by atoms with Crippen LogP contribution in [-0.4, -0.2) is 30.0 Å². The van der Waals surface area contributed by atoms with E-state index in [2.05, 4.69) is 34.2 Å². The van der Waals surface area contributed by atoms with Crippen LogP contribution in [0, 0.1) is 0 Å². The zero-order valence-corrected chi connectivity index (χ0v) is 13.7. The Morgan fingerprint density at radius 1 is 1.32 bits per heavy atom. The van der Waals surface area contributed by atoms with E-state index in [9.17, 15) is 5.11 Å². The molecule has 4 heteroatoms. The monoisotopic (exact) mass is 329 g/mol. The Morgan fingerprint density at radius 2 is 1.95 bits per heavy atom. The lowest BCUT2D eigenvalue weighted by atomic mass is 10.1. The number of rotatable bonds is 6. The van der Waals surface area contributed by atoms with Crippen LogP contribution >= 0.6 is 15.9 Å². The van der Waals surface area contributed by atoms with Gasteiger partial charge in [-0.3, -0.25) is 0 Å². The van der Waals surface area contributed by atoms with E-state index in [4.69, 9.17) is 4.74 Å². The van der Waals surface area contributed by atoms with Crippen molar-refractivity contribution in [1.82, 2.24) is 5.32 Å². The van der Waals surface area contributed by atoms with Crippen LogP contribution in [0.3, 0.4) is 0 Å². The Kier molecular flexibility index (Phi) is 6.47. The summed E-state index contributed by atoms with van der Waals surface area (Å²) in [6.07, 6.45) is -0.496. The molecule has 108 valence electrons. The van der Waals surface area contributed by atoms with Crippen molar-refractivity contribution in [3.8, 4) is 0 Å². The van der Waals surface area contributed by atoms with Gasteiger partial charge in [0, 0.05) is 17.1 Å². The maximum Gasteiger partial charge on any atom is 0.0898 e. The SMILES string of the molecule is C[C@H](NCC(O)COC(C)(C)C)c1ccccc1Br. The van der Waals surface area contributed by atoms with Gasteiger partial charge in [-0.1, -0.05) is 34.1 Å². The minimum atomic E-state index is -0.496. The molecule has 0 aliphatic heterocycles. The predicted octanol–water partition coefficient (Wildman–Crippen LogP) is 3.28. The minimum absolute atomic E-state index is 0.180. The van der Waals surface area contributed by atoms with E-state index in [0.29, 0.717) is 13.2 Å². The third kappa shape index (κ3) is 6.52. The maximum absolute atomic E-state index is 9.88. The molecule has 0 bridgehead atoms. The summed E-state index contributed by atoms with van der Waals surface area (Å²) in [7, 11) is 0. The molecule has 0 aliphatic rings. The minimum Gasteiger partial charge on any atom is -0.389 e. The van der Waals surface area contributed by atoms with Crippen molar-refractivity contribution >= 4 is 15.9 Å². The Labute approximate surface area is 124 Å². The van der Waals surface area contributed by atoms with Crippen LogP contribution in [0.1, 0.15) is 39.3 Å². The quantitative estimate of drug-likeness (QED) is 0.841.